The van der Waals surface area contributed by atoms with Gasteiger partial charge in [0.1, 0.15) is 29.5 Å². The highest BCUT2D eigenvalue weighted by atomic mass is 19.1. The van der Waals surface area contributed by atoms with Crippen LogP contribution in [-0.2, 0) is 0 Å². The van der Waals surface area contributed by atoms with E-state index in [1.807, 2.05) is 0 Å². The maximum absolute atomic E-state index is 17.0. The molecule has 4 saturated heterocycles. The number of rotatable bonds is 5. The zero-order valence-corrected chi connectivity index (χ0v) is 25.8. The highest BCUT2D eigenvalue weighted by Gasteiger charge is 2.48. The van der Waals surface area contributed by atoms with Crippen LogP contribution in [0.15, 0.2) is 18.2 Å². The fourth-order valence-corrected chi connectivity index (χ4v) is 8.55. The van der Waals surface area contributed by atoms with Crippen LogP contribution in [0.4, 0.5) is 19.0 Å². The SMILES string of the molecule is C#Cc1c(F)ccc2c(F)c(O)cc(-c3nc(C)c4c(N5CC6CCC(C5)N6)nc(OC[C@@]56CCCN5CC(C)C6)nc4c3F)c12. The van der Waals surface area contributed by atoms with Crippen LogP contribution in [0, 0.1) is 42.6 Å². The number of nitrogens with one attached hydrogen (secondary N) is 1. The number of aromatic nitrogens is 3. The summed E-state index contributed by atoms with van der Waals surface area (Å²) in [6, 6.07) is 3.91. The molecule has 4 aromatic rings. The number of benzene rings is 2. The van der Waals surface area contributed by atoms with Gasteiger partial charge in [0.2, 0.25) is 0 Å². The van der Waals surface area contributed by atoms with Crippen molar-refractivity contribution in [2.75, 3.05) is 37.7 Å². The van der Waals surface area contributed by atoms with Gasteiger partial charge in [-0.1, -0.05) is 12.8 Å². The Morgan fingerprint density at radius 1 is 1.09 bits per heavy atom. The first-order valence-corrected chi connectivity index (χ1v) is 16.0. The minimum Gasteiger partial charge on any atom is -0.505 e. The van der Waals surface area contributed by atoms with E-state index in [1.165, 1.54) is 6.07 Å². The second-order valence-corrected chi connectivity index (χ2v) is 13.6. The topological polar surface area (TPSA) is 86.6 Å². The quantitative estimate of drug-likeness (QED) is 0.282. The van der Waals surface area contributed by atoms with Crippen LogP contribution in [0.1, 0.15) is 50.3 Å². The van der Waals surface area contributed by atoms with E-state index in [0.717, 1.165) is 57.3 Å². The van der Waals surface area contributed by atoms with E-state index < -0.39 is 23.2 Å². The predicted molar refractivity (Wildman–Crippen MR) is 169 cm³/mol. The van der Waals surface area contributed by atoms with Crippen molar-refractivity contribution in [1.29, 1.82) is 0 Å². The van der Waals surface area contributed by atoms with E-state index in [1.54, 1.807) is 6.92 Å². The summed E-state index contributed by atoms with van der Waals surface area (Å²) >= 11 is 0. The lowest BCUT2D eigenvalue weighted by molar-refractivity contribution is 0.107. The molecular weight excluding hydrogens is 593 g/mol. The molecular formula is C35H35F3N6O2. The van der Waals surface area contributed by atoms with Crippen molar-refractivity contribution < 1.29 is 23.0 Å². The third-order valence-corrected chi connectivity index (χ3v) is 10.5. The van der Waals surface area contributed by atoms with Crippen LogP contribution in [-0.4, -0.2) is 75.4 Å². The Kier molecular flexibility index (Phi) is 6.82. The van der Waals surface area contributed by atoms with Gasteiger partial charge < -0.3 is 20.1 Å². The molecule has 4 aliphatic rings. The highest BCUT2D eigenvalue weighted by Crippen LogP contribution is 2.43. The lowest BCUT2D eigenvalue weighted by Gasteiger charge is -2.35. The van der Waals surface area contributed by atoms with Crippen molar-refractivity contribution >= 4 is 27.5 Å². The number of fused-ring (bicyclic) bond motifs is 5. The maximum Gasteiger partial charge on any atom is 0.319 e. The standard InChI is InChI=1S/C35H35F3N6O2/c1-4-22-25(36)9-8-23-28(22)24(12-26(45)29(23)37)31-30(38)32-27(19(3)39-31)33(43-15-20-6-7-21(16-43)40-20)42-34(41-32)46-17-35-10-5-11-44(35)14-18(2)13-35/h1,8-9,12,18,20-21,40,45H,5-7,10-11,13-17H2,2-3H3/t18?,20?,21?,35-/m0/s1. The molecule has 3 unspecified atom stereocenters. The zero-order chi connectivity index (χ0) is 31.9. The number of aryl methyl sites for hydroxylation is 1. The van der Waals surface area contributed by atoms with Crippen LogP contribution >= 0.6 is 0 Å². The smallest absolute Gasteiger partial charge is 0.319 e. The van der Waals surface area contributed by atoms with Crippen molar-refractivity contribution in [1.82, 2.24) is 25.2 Å². The van der Waals surface area contributed by atoms with Crippen LogP contribution in [0.5, 0.6) is 11.8 Å². The van der Waals surface area contributed by atoms with Crippen LogP contribution in [0.2, 0.25) is 0 Å². The second-order valence-electron chi connectivity index (χ2n) is 13.6. The Hall–Kier alpha value is -4.14. The van der Waals surface area contributed by atoms with Gasteiger partial charge in [-0.05, 0) is 69.7 Å². The normalized spacial score (nSPS) is 25.8. The summed E-state index contributed by atoms with van der Waals surface area (Å²) < 4.78 is 53.3. The summed E-state index contributed by atoms with van der Waals surface area (Å²) in [5, 5.41) is 14.4. The fourth-order valence-electron chi connectivity index (χ4n) is 8.55. The zero-order valence-electron chi connectivity index (χ0n) is 25.8. The lowest BCUT2D eigenvalue weighted by Crippen LogP contribution is -2.51. The molecule has 0 spiro atoms. The van der Waals surface area contributed by atoms with Crippen molar-refractivity contribution in [3.8, 4) is 35.4 Å². The van der Waals surface area contributed by atoms with Gasteiger partial charge in [0, 0.05) is 48.1 Å². The number of anilines is 1. The number of ether oxygens (including phenoxy) is 1. The number of aromatic hydroxyl groups is 1. The predicted octanol–water partition coefficient (Wildman–Crippen LogP) is 5.45. The molecule has 8 rings (SSSR count). The van der Waals surface area contributed by atoms with Gasteiger partial charge in [0.15, 0.2) is 17.4 Å². The van der Waals surface area contributed by atoms with Crippen molar-refractivity contribution in [3.63, 3.8) is 0 Å². The number of hydrogen-bond acceptors (Lipinski definition) is 8. The third-order valence-electron chi connectivity index (χ3n) is 10.5. The number of terminal acetylenes is 1. The molecule has 4 atom stereocenters. The molecule has 4 fully saturated rings. The first-order chi connectivity index (χ1) is 22.2. The fraction of sp³-hybridized carbons (Fsp3) is 0.457. The summed E-state index contributed by atoms with van der Waals surface area (Å²) in [6.45, 7) is 7.84. The van der Waals surface area contributed by atoms with Gasteiger partial charge in [-0.2, -0.15) is 9.97 Å². The molecule has 2 N–H and O–H groups in total. The van der Waals surface area contributed by atoms with E-state index in [4.69, 9.17) is 16.1 Å². The van der Waals surface area contributed by atoms with Gasteiger partial charge in [-0.3, -0.25) is 4.90 Å². The Bertz CT molecular complexity index is 1950. The number of hydrogen-bond donors (Lipinski definition) is 2. The average molecular weight is 629 g/mol. The van der Waals surface area contributed by atoms with E-state index in [-0.39, 0.29) is 44.7 Å². The summed E-state index contributed by atoms with van der Waals surface area (Å²) in [5.74, 6) is 0.0794. The first-order valence-electron chi connectivity index (χ1n) is 16.0. The highest BCUT2D eigenvalue weighted by molar-refractivity contribution is 6.03. The molecule has 11 heteroatoms. The molecule has 2 bridgehead atoms. The molecule has 0 amide bonds. The average Bonchev–Trinajstić information content (AvgIpc) is 3.69. The maximum atomic E-state index is 17.0. The number of halogens is 3. The molecule has 46 heavy (non-hydrogen) atoms. The van der Waals surface area contributed by atoms with Crippen LogP contribution in [0.3, 0.4) is 0 Å². The molecule has 2 aromatic carbocycles. The Morgan fingerprint density at radius 2 is 1.87 bits per heavy atom. The van der Waals surface area contributed by atoms with Crippen LogP contribution < -0.4 is 15.0 Å². The second kappa shape index (κ2) is 10.7. The molecule has 6 heterocycles. The third kappa shape index (κ3) is 4.48. The molecule has 0 saturated carbocycles. The van der Waals surface area contributed by atoms with E-state index >= 15 is 8.78 Å². The van der Waals surface area contributed by atoms with Gasteiger partial charge in [0.05, 0.1) is 22.2 Å². The minimum atomic E-state index is -0.983. The van der Waals surface area contributed by atoms with E-state index in [0.29, 0.717) is 54.6 Å². The Morgan fingerprint density at radius 3 is 2.63 bits per heavy atom. The van der Waals surface area contributed by atoms with E-state index in [2.05, 4.69) is 37.9 Å². The van der Waals surface area contributed by atoms with Gasteiger partial charge >= 0.3 is 6.01 Å². The number of phenolic OH excluding ortho intramolecular Hbond substituents is 1. The van der Waals surface area contributed by atoms with Crippen molar-refractivity contribution in [2.45, 2.75) is 63.6 Å². The van der Waals surface area contributed by atoms with Gasteiger partial charge in [0.25, 0.3) is 0 Å². The lowest BCUT2D eigenvalue weighted by atomic mass is 9.92. The van der Waals surface area contributed by atoms with Crippen molar-refractivity contribution in [3.05, 3.63) is 46.9 Å². The molecule has 0 aliphatic carbocycles. The Labute approximate surface area is 265 Å². The van der Waals surface area contributed by atoms with E-state index in [9.17, 15) is 9.50 Å². The van der Waals surface area contributed by atoms with Gasteiger partial charge in [-0.25, -0.2) is 18.2 Å². The molecule has 2 aromatic heterocycles. The number of pyridine rings is 1. The van der Waals surface area contributed by atoms with Crippen LogP contribution in [0.25, 0.3) is 32.9 Å². The number of nitrogens with zero attached hydrogens (tertiary/aromatic N) is 5. The minimum absolute atomic E-state index is 0.00965. The Balaban J connectivity index is 1.32. The summed E-state index contributed by atoms with van der Waals surface area (Å²) in [5.41, 5.74) is -0.186. The largest absolute Gasteiger partial charge is 0.505 e. The molecule has 8 nitrogen and oxygen atoms in total. The summed E-state index contributed by atoms with van der Waals surface area (Å²) in [4.78, 5) is 18.8. The van der Waals surface area contributed by atoms with Crippen molar-refractivity contribution in [2.24, 2.45) is 5.92 Å². The monoisotopic (exact) mass is 628 g/mol. The van der Waals surface area contributed by atoms with Gasteiger partial charge in [-0.15, -0.1) is 6.42 Å². The molecule has 0 radical (unpaired) electrons. The summed E-state index contributed by atoms with van der Waals surface area (Å²) in [7, 11) is 0. The first kappa shape index (κ1) is 29.3. The molecule has 238 valence electrons. The summed E-state index contributed by atoms with van der Waals surface area (Å²) in [6.07, 6.45) is 10.9. The molecule has 4 aliphatic heterocycles. The number of piperazine rings is 1. The number of phenols is 1.